The molecule has 3 N–H and O–H groups in total. The summed E-state index contributed by atoms with van der Waals surface area (Å²) < 4.78 is 53.4. The summed E-state index contributed by atoms with van der Waals surface area (Å²) in [7, 11) is 14.3. The van der Waals surface area contributed by atoms with Gasteiger partial charge in [0.15, 0.2) is 12.0 Å². The number of hydrazine groups is 1. The molecule has 8 aromatic rings. The lowest BCUT2D eigenvalue weighted by molar-refractivity contribution is -0.672. The summed E-state index contributed by atoms with van der Waals surface area (Å²) in [5, 5.41) is 18.4. The first-order valence-corrected chi connectivity index (χ1v) is 36.7. The van der Waals surface area contributed by atoms with Crippen LogP contribution in [0.5, 0.6) is 0 Å². The van der Waals surface area contributed by atoms with E-state index in [1.807, 2.05) is 316 Å². The van der Waals surface area contributed by atoms with E-state index in [2.05, 4.69) is 34.4 Å². The molecule has 8 rings (SSSR count). The van der Waals surface area contributed by atoms with Gasteiger partial charge in [-0.15, -0.1) is 24.0 Å². The largest absolute Gasteiger partial charge is 0.442 e. The second kappa shape index (κ2) is 46.9. The molecular weight excluding hydrogens is 1590 g/mol. The Labute approximate surface area is 692 Å². The number of nitrogens with two attached hydrogens (primary N) is 1. The summed E-state index contributed by atoms with van der Waals surface area (Å²) >= 11 is 0. The predicted molar refractivity (Wildman–Crippen MR) is 470 cm³/mol. The van der Waals surface area contributed by atoms with Crippen molar-refractivity contribution in [3.8, 4) is 0 Å². The molecule has 4 heterocycles. The first kappa shape index (κ1) is 101. The summed E-state index contributed by atoms with van der Waals surface area (Å²) in [6.07, 6.45) is 4.78. The summed E-state index contributed by atoms with van der Waals surface area (Å²) in [6.45, 7) is 28.9. The van der Waals surface area contributed by atoms with E-state index in [0.29, 0.717) is 57.0 Å². The van der Waals surface area contributed by atoms with Crippen LogP contribution < -0.4 is 50.0 Å². The number of nitrogens with zero attached hydrogens (tertiary/aromatic N) is 15. The van der Waals surface area contributed by atoms with Crippen molar-refractivity contribution < 1.29 is 64.6 Å². The number of ketones is 1. The molecule has 29 nitrogen and oxygen atoms in total. The molecule has 4 amide bonds. The van der Waals surface area contributed by atoms with Crippen molar-refractivity contribution in [1.82, 2.24) is 15.0 Å². The van der Waals surface area contributed by atoms with Gasteiger partial charge in [-0.2, -0.15) is 43.3 Å². The number of aryl methyl sites for hydroxylation is 1. The van der Waals surface area contributed by atoms with E-state index in [4.69, 9.17) is 29.3 Å². The number of hydrogen-bond donors (Lipinski definition) is 2. The zero-order valence-corrected chi connectivity index (χ0v) is 73.1. The van der Waals surface area contributed by atoms with Crippen molar-refractivity contribution in [2.45, 2.75) is 141 Å². The van der Waals surface area contributed by atoms with E-state index in [-0.39, 0.29) is 37.2 Å². The molecule has 0 saturated heterocycles. The Kier molecular flexibility index (Phi) is 41.5. The number of Topliss-reactive ketones (excluding diaryl/α,β-unsaturated/α-hetero) is 1. The highest BCUT2D eigenvalue weighted by atomic mass is 127. The van der Waals surface area contributed by atoms with Gasteiger partial charge >= 0.3 is 34.8 Å². The van der Waals surface area contributed by atoms with E-state index in [1.165, 1.54) is 22.0 Å². The van der Waals surface area contributed by atoms with Crippen molar-refractivity contribution in [1.29, 1.82) is 0 Å². The second-order valence-corrected chi connectivity index (χ2v) is 30.6. The maximum absolute atomic E-state index is 12.8. The zero-order chi connectivity index (χ0) is 84.6. The topological polar surface area (TPSA) is 317 Å². The van der Waals surface area contributed by atoms with E-state index in [1.54, 1.807) is 69.7 Å². The van der Waals surface area contributed by atoms with Crippen molar-refractivity contribution in [3.05, 3.63) is 217 Å². The van der Waals surface area contributed by atoms with Crippen LogP contribution in [0.2, 0.25) is 0 Å². The number of benzene rings is 4. The number of carbonyl (C=O) groups excluding carboxylic acids is 5. The van der Waals surface area contributed by atoms with Gasteiger partial charge in [-0.3, -0.25) is 28.5 Å². The quantitative estimate of drug-likeness (QED) is 0.0104. The van der Waals surface area contributed by atoms with Gasteiger partial charge in [0.2, 0.25) is 5.69 Å². The fourth-order valence-electron chi connectivity index (χ4n) is 8.76. The molecule has 0 atom stereocenters. The van der Waals surface area contributed by atoms with E-state index in [9.17, 15) is 32.4 Å². The van der Waals surface area contributed by atoms with Crippen molar-refractivity contribution in [2.24, 2.45) is 28.2 Å². The average molecular weight is 1710 g/mol. The molecular formula is C83H118IN16O13S+. The van der Waals surface area contributed by atoms with Crippen LogP contribution in [0.1, 0.15) is 146 Å². The number of pyridine rings is 4. The molecule has 0 bridgehead atoms. The molecule has 4 aromatic heterocycles. The fourth-order valence-corrected chi connectivity index (χ4v) is 8.76. The molecule has 0 aliphatic rings. The lowest BCUT2D eigenvalue weighted by Crippen LogP contribution is -2.41. The molecule has 620 valence electrons. The predicted octanol–water partition coefficient (Wildman–Crippen LogP) is 16.7. The van der Waals surface area contributed by atoms with Crippen molar-refractivity contribution in [3.63, 3.8) is 0 Å². The summed E-state index contributed by atoms with van der Waals surface area (Å²) in [4.78, 5) is 80.9. The highest BCUT2D eigenvalue weighted by Gasteiger charge is 2.28. The van der Waals surface area contributed by atoms with Crippen LogP contribution in [-0.2, 0) is 40.6 Å². The van der Waals surface area contributed by atoms with E-state index in [0.717, 1.165) is 40.6 Å². The number of hydrogen-bond acceptors (Lipinski definition) is 23. The number of halogens is 1. The Morgan fingerprint density at radius 2 is 0.640 bits per heavy atom. The van der Waals surface area contributed by atoms with Gasteiger partial charge in [-0.05, 0) is 243 Å². The van der Waals surface area contributed by atoms with Gasteiger partial charge in [-0.25, -0.2) is 30.0 Å². The lowest BCUT2D eigenvalue weighted by atomic mass is 10.2. The number of aromatic nitrogens is 4. The smallest absolute Gasteiger partial charge is 0.435 e. The van der Waals surface area contributed by atoms with Crippen LogP contribution in [0.3, 0.4) is 0 Å². The van der Waals surface area contributed by atoms with Gasteiger partial charge in [0.25, 0.3) is 0 Å². The van der Waals surface area contributed by atoms with Crippen LogP contribution in [0.25, 0.3) is 0 Å². The van der Waals surface area contributed by atoms with Crippen molar-refractivity contribution >= 4 is 127 Å². The van der Waals surface area contributed by atoms with Gasteiger partial charge in [0.05, 0.1) is 52.7 Å². The first-order chi connectivity index (χ1) is 52.0. The number of carbonyl (C=O) groups is 5. The minimum atomic E-state index is -4.16. The fraction of sp³-hybridized carbons (Fsp3) is 0.373. The SMILES string of the molecule is C.C/C(=N\N(C(=O)OC(C)(C)C)c1ccc(N(C)C)cc1)c1cccc[n+]1C.C/C(=N\N(C(=O)OC(C)(C)C)c1ccc(N(C)C)cc1)c1ccccn1.C/C(=N\N(C(=O)OC(C)(C)C)c1ccc(N(C)C)cc1)c1ccccn1.CC(=O)c1ccccn1.CN(C)c1ccc(N(N)C(=O)OC(C)(C)C)cc1.COS(=O)(=O)O.I. The summed E-state index contributed by atoms with van der Waals surface area (Å²) in [6, 6.07) is 52.3. The molecule has 0 aliphatic heterocycles. The number of hydrazone groups is 3. The van der Waals surface area contributed by atoms with Gasteiger partial charge < -0.3 is 38.5 Å². The molecule has 0 aliphatic carbocycles. The number of rotatable bonds is 16. The monoisotopic (exact) mass is 1710 g/mol. The van der Waals surface area contributed by atoms with Gasteiger partial charge in [0.1, 0.15) is 40.9 Å². The minimum Gasteiger partial charge on any atom is -0.442 e. The van der Waals surface area contributed by atoms with Crippen molar-refractivity contribution in [2.75, 3.05) is 103 Å². The van der Waals surface area contributed by atoms with E-state index < -0.39 is 57.2 Å². The van der Waals surface area contributed by atoms with E-state index >= 15 is 0 Å². The molecule has 0 spiro atoms. The lowest BCUT2D eigenvalue weighted by Gasteiger charge is -2.25. The molecule has 0 fully saturated rings. The standard InChI is InChI=1S/C21H29N4O2.2C20H26N4O2.C13H21N3O2.C7H7NO.CH4O4S.CH4.HI/c1-16(19-10-8-9-15-24(19)7)22-25(20(26)27-21(2,3)4)18-13-11-17(12-14-18)23(5)6;2*1-15(18-9-7-8-14-21-18)22-24(19(25)26-20(2,3)4)17-12-10-16(11-13-17)23(5)6;1-13(2,3)18-12(17)16(14)11-8-6-10(7-9-11)15(4)5;1-6(9)7-4-2-3-5-8-7;1-5-6(2,3)4;;/h8-15H,1-7H3;2*7-14H,1-6H3;6-9H,14H2,1-5H3;2-5H,1H3;1H3,(H,2,3,4);1H4;1H/q+1;;;;;;;/b;2*22-15+;;;;;. The normalized spacial score (nSPS) is 11.3. The molecule has 0 saturated carbocycles. The third-order valence-corrected chi connectivity index (χ3v) is 14.7. The Hall–Kier alpha value is -11.0. The molecule has 0 unspecified atom stereocenters. The third-order valence-electron chi connectivity index (χ3n) is 14.2. The minimum absolute atomic E-state index is 0. The number of ether oxygens (including phenoxy) is 4. The maximum atomic E-state index is 12.8. The maximum Gasteiger partial charge on any atom is 0.435 e. The van der Waals surface area contributed by atoms with Crippen LogP contribution in [0.15, 0.2) is 210 Å². The summed E-state index contributed by atoms with van der Waals surface area (Å²) in [5.74, 6) is 5.73. The van der Waals surface area contributed by atoms with Crippen LogP contribution in [0.4, 0.5) is 64.7 Å². The first-order valence-electron chi connectivity index (χ1n) is 35.3. The number of amides is 4. The second-order valence-electron chi connectivity index (χ2n) is 29.4. The average Bonchev–Trinajstić information content (AvgIpc) is 0.847. The van der Waals surface area contributed by atoms with Gasteiger partial charge in [-0.1, -0.05) is 25.6 Å². The van der Waals surface area contributed by atoms with Gasteiger partial charge in [0, 0.05) is 117 Å². The Balaban J connectivity index is 0.000000715. The highest BCUT2D eigenvalue weighted by molar-refractivity contribution is 14.0. The van der Waals surface area contributed by atoms with Crippen LogP contribution in [-0.4, -0.2) is 161 Å². The number of anilines is 8. The molecule has 114 heavy (non-hydrogen) atoms. The molecule has 0 radical (unpaired) electrons. The summed E-state index contributed by atoms with van der Waals surface area (Å²) in [5.41, 5.74) is 9.01. The Morgan fingerprint density at radius 3 is 0.868 bits per heavy atom. The van der Waals surface area contributed by atoms with Crippen LogP contribution >= 0.6 is 24.0 Å². The highest BCUT2D eigenvalue weighted by Crippen LogP contribution is 2.27. The molecule has 31 heteroatoms. The third kappa shape index (κ3) is 38.0. The van der Waals surface area contributed by atoms with Crippen LogP contribution in [0, 0.1) is 0 Å². The molecule has 4 aromatic carbocycles. The Morgan fingerprint density at radius 1 is 0.395 bits per heavy atom. The Bertz CT molecular complexity index is 4340. The zero-order valence-electron chi connectivity index (χ0n) is 69.9.